The predicted molar refractivity (Wildman–Crippen MR) is 127 cm³/mol. The average Bonchev–Trinajstić information content (AvgIpc) is 3.20. The Morgan fingerprint density at radius 2 is 1.29 bits per heavy atom. The molecule has 0 amide bonds. The summed E-state index contributed by atoms with van der Waals surface area (Å²) in [5.41, 5.74) is 1.36. The van der Waals surface area contributed by atoms with E-state index in [-0.39, 0.29) is 45.5 Å². The van der Waals surface area contributed by atoms with Crippen molar-refractivity contribution in [1.29, 1.82) is 0 Å². The molecule has 0 aliphatic heterocycles. The van der Waals surface area contributed by atoms with Gasteiger partial charge in [-0.1, -0.05) is 0 Å². The second kappa shape index (κ2) is 9.08. The van der Waals surface area contributed by atoms with Gasteiger partial charge in [0.15, 0.2) is 0 Å². The van der Waals surface area contributed by atoms with Gasteiger partial charge in [-0.2, -0.15) is 0 Å². The number of aryl methyl sites for hydroxylation is 3. The molecule has 0 fully saturated rings. The van der Waals surface area contributed by atoms with Crippen LogP contribution >= 0.6 is 0 Å². The number of benzene rings is 2. The van der Waals surface area contributed by atoms with E-state index >= 15 is 0 Å². The van der Waals surface area contributed by atoms with Gasteiger partial charge in [0, 0.05) is 0 Å². The Morgan fingerprint density at radius 3 is 1.84 bits per heavy atom. The van der Waals surface area contributed by atoms with E-state index < -0.39 is 9.84 Å². The summed E-state index contributed by atoms with van der Waals surface area (Å²) in [6.07, 6.45) is 5.10. The number of rotatable bonds is 8. The molecule has 0 saturated carbocycles. The Bertz CT molecular complexity index is 1470. The Labute approximate surface area is 193 Å². The molecule has 0 unspecified atom stereocenters. The zero-order chi connectivity index (χ0) is 22.2. The number of sulfone groups is 1. The van der Waals surface area contributed by atoms with Crippen LogP contribution in [0.1, 0.15) is 31.2 Å². The van der Waals surface area contributed by atoms with Crippen molar-refractivity contribution in [1.82, 2.24) is 7.12 Å². The fraction of sp³-hybridized carbons (Fsp3) is 0.364. The maximum atomic E-state index is 12.6. The summed E-state index contributed by atoms with van der Waals surface area (Å²) in [5.74, 6) is 0. The van der Waals surface area contributed by atoms with E-state index in [2.05, 4.69) is 13.0 Å². The molecule has 4 rings (SSSR count). The van der Waals surface area contributed by atoms with Gasteiger partial charge in [-0.15, -0.1) is 0 Å². The fourth-order valence-electron chi connectivity index (χ4n) is 3.62. The molecule has 0 spiro atoms. The molecular weight excluding hydrogens is 546 g/mol. The second-order valence-corrected chi connectivity index (χ2v) is 14.3. The molecule has 0 saturated heterocycles. The average molecular weight is 570 g/mol. The van der Waals surface area contributed by atoms with Crippen molar-refractivity contribution >= 4 is 58.6 Å². The van der Waals surface area contributed by atoms with Gasteiger partial charge in [0.1, 0.15) is 0 Å². The van der Waals surface area contributed by atoms with Gasteiger partial charge in [0.25, 0.3) is 0 Å². The summed E-state index contributed by atoms with van der Waals surface area (Å²) >= 11 is -0.0823. The number of fused-ring (bicyclic) bond motifs is 2. The van der Waals surface area contributed by atoms with Gasteiger partial charge in [0.05, 0.1) is 0 Å². The van der Waals surface area contributed by atoms with Gasteiger partial charge in [0.2, 0.25) is 0 Å². The third kappa shape index (κ3) is 4.91. The van der Waals surface area contributed by atoms with Crippen LogP contribution < -0.4 is 11.1 Å². The van der Waals surface area contributed by atoms with Crippen molar-refractivity contribution in [3.05, 3.63) is 62.7 Å². The first kappa shape index (κ1) is 22.6. The first-order chi connectivity index (χ1) is 14.7. The van der Waals surface area contributed by atoms with Crippen LogP contribution in [-0.2, 0) is 22.9 Å². The third-order valence-corrected chi connectivity index (χ3v) is 11.1. The van der Waals surface area contributed by atoms with Crippen molar-refractivity contribution in [2.75, 3.05) is 6.26 Å². The normalized spacial score (nSPS) is 12.2. The van der Waals surface area contributed by atoms with Crippen LogP contribution in [0.5, 0.6) is 0 Å². The van der Waals surface area contributed by atoms with E-state index in [4.69, 9.17) is 0 Å². The summed E-state index contributed by atoms with van der Waals surface area (Å²) in [6.45, 7) is 3.54. The maximum absolute atomic E-state index is 12.6. The molecule has 2 aromatic heterocycles. The zero-order valence-corrected chi connectivity index (χ0v) is 21.7. The molecule has 164 valence electrons. The van der Waals surface area contributed by atoms with Crippen LogP contribution in [0.4, 0.5) is 0 Å². The predicted octanol–water partition coefficient (Wildman–Crippen LogP) is 2.40. The number of hydrogen-bond donors (Lipinski definition) is 0. The third-order valence-electron chi connectivity index (χ3n) is 5.32. The van der Waals surface area contributed by atoms with Crippen LogP contribution in [0, 0.1) is 6.92 Å². The van der Waals surface area contributed by atoms with Gasteiger partial charge in [-0.05, 0) is 0 Å². The van der Waals surface area contributed by atoms with Gasteiger partial charge < -0.3 is 0 Å². The van der Waals surface area contributed by atoms with E-state index in [1.807, 2.05) is 19.3 Å². The molecule has 4 aromatic rings. The monoisotopic (exact) mass is 572 g/mol. The number of unbranched alkanes of at least 4 members (excludes halogenated alkanes) is 3. The zero-order valence-electron chi connectivity index (χ0n) is 17.5. The SMILES string of the molecule is Cc1ccc2c(=O)n(CCCCCCn3[se]c4cc(S(C)(=O)=O)ccc4c3=O)[se]c2c1. The molecule has 9 heteroatoms. The quantitative estimate of drug-likeness (QED) is 0.241. The molecule has 2 heterocycles. The Balaban J connectivity index is 1.32. The first-order valence-electron chi connectivity index (χ1n) is 10.2. The molecule has 31 heavy (non-hydrogen) atoms. The van der Waals surface area contributed by atoms with Crippen molar-refractivity contribution in [3.63, 3.8) is 0 Å². The fourth-order valence-corrected chi connectivity index (χ4v) is 9.05. The molecule has 0 atom stereocenters. The van der Waals surface area contributed by atoms with Crippen LogP contribution in [0.25, 0.3) is 19.3 Å². The number of aromatic nitrogens is 2. The van der Waals surface area contributed by atoms with Crippen molar-refractivity contribution in [3.8, 4) is 0 Å². The van der Waals surface area contributed by atoms with Crippen LogP contribution in [0.3, 0.4) is 0 Å². The minimum atomic E-state index is -3.26. The van der Waals surface area contributed by atoms with E-state index in [0.29, 0.717) is 11.9 Å². The van der Waals surface area contributed by atoms with E-state index in [1.54, 1.807) is 12.1 Å². The molecule has 0 bridgehead atoms. The van der Waals surface area contributed by atoms with Crippen LogP contribution in [0.2, 0.25) is 0 Å². The number of nitrogens with zero attached hydrogens (tertiary/aromatic N) is 2. The number of hydrogen-bond acceptors (Lipinski definition) is 4. The molecular formula is C22H24N2O4SSe2. The molecule has 0 radical (unpaired) electrons. The van der Waals surface area contributed by atoms with Crippen LogP contribution in [-0.4, -0.2) is 51.3 Å². The van der Waals surface area contributed by atoms with Gasteiger partial charge in [-0.3, -0.25) is 0 Å². The Morgan fingerprint density at radius 1 is 0.774 bits per heavy atom. The van der Waals surface area contributed by atoms with Gasteiger partial charge in [-0.25, -0.2) is 0 Å². The van der Waals surface area contributed by atoms with Gasteiger partial charge >= 0.3 is 194 Å². The molecule has 6 nitrogen and oxygen atoms in total. The summed E-state index contributed by atoms with van der Waals surface area (Å²) in [5, 5.41) is 1.50. The Hall–Kier alpha value is -1.63. The van der Waals surface area contributed by atoms with E-state index in [1.165, 1.54) is 22.1 Å². The molecule has 2 aromatic carbocycles. The van der Waals surface area contributed by atoms with E-state index in [0.717, 1.165) is 41.9 Å². The molecule has 0 aliphatic carbocycles. The standard InChI is InChI=1S/C22H24N2O4SSe2/c1-15-7-9-17-19(13-15)30-23(21(17)25)11-5-3-4-6-12-24-22(26)18-10-8-16(29(2,27)28)14-20(18)31-24/h7-10,13-14H,3-6,11-12H2,1-2H3. The van der Waals surface area contributed by atoms with Crippen molar-refractivity contribution < 1.29 is 8.42 Å². The van der Waals surface area contributed by atoms with E-state index in [9.17, 15) is 18.0 Å². The van der Waals surface area contributed by atoms with Crippen LogP contribution in [0.15, 0.2) is 50.9 Å². The topological polar surface area (TPSA) is 78.1 Å². The summed E-state index contributed by atoms with van der Waals surface area (Å²) < 4.78 is 29.4. The first-order valence-corrected chi connectivity index (χ1v) is 15.3. The second-order valence-electron chi connectivity index (χ2n) is 7.84. The summed E-state index contributed by atoms with van der Waals surface area (Å²) in [4.78, 5) is 25.3. The van der Waals surface area contributed by atoms with Crippen molar-refractivity contribution in [2.24, 2.45) is 0 Å². The Kier molecular flexibility index (Phi) is 6.61. The van der Waals surface area contributed by atoms with Crippen molar-refractivity contribution in [2.45, 2.75) is 50.6 Å². The minimum absolute atomic E-state index is 0.00784. The summed E-state index contributed by atoms with van der Waals surface area (Å²) in [6, 6.07) is 10.9. The summed E-state index contributed by atoms with van der Waals surface area (Å²) in [7, 11) is -3.26. The molecule has 0 N–H and O–H groups in total. The molecule has 0 aliphatic rings.